The Morgan fingerprint density at radius 3 is 2.25 bits per heavy atom. The Labute approximate surface area is 159 Å². The van der Waals surface area contributed by atoms with E-state index in [4.69, 9.17) is 14.2 Å². The van der Waals surface area contributed by atoms with Crippen molar-refractivity contribution in [3.63, 3.8) is 0 Å². The summed E-state index contributed by atoms with van der Waals surface area (Å²) in [6, 6.07) is 4.09. The minimum absolute atomic E-state index is 0.0412. The zero-order valence-electron chi connectivity index (χ0n) is 15.6. The SMILES string of the molecule is COc1cc(C(=O)N(C)Cc2ccc(F)cc2F)c([N+](=O)[O-])c(OC)c1OC. The van der Waals surface area contributed by atoms with E-state index in [1.807, 2.05) is 0 Å². The molecule has 150 valence electrons. The summed E-state index contributed by atoms with van der Waals surface area (Å²) in [5, 5.41) is 11.6. The van der Waals surface area contributed by atoms with Gasteiger partial charge in [0.25, 0.3) is 5.91 Å². The van der Waals surface area contributed by atoms with Crippen LogP contribution in [0, 0.1) is 21.7 Å². The van der Waals surface area contributed by atoms with Gasteiger partial charge in [0.1, 0.15) is 17.2 Å². The first-order chi connectivity index (χ1) is 13.2. The van der Waals surface area contributed by atoms with Crippen LogP contribution in [0.3, 0.4) is 0 Å². The Balaban J connectivity index is 2.52. The van der Waals surface area contributed by atoms with Gasteiger partial charge in [0.15, 0.2) is 5.75 Å². The highest BCUT2D eigenvalue weighted by Crippen LogP contribution is 2.46. The van der Waals surface area contributed by atoms with Crippen LogP contribution < -0.4 is 14.2 Å². The van der Waals surface area contributed by atoms with Gasteiger partial charge in [-0.2, -0.15) is 0 Å². The summed E-state index contributed by atoms with van der Waals surface area (Å²) in [7, 11) is 5.10. The largest absolute Gasteiger partial charge is 0.493 e. The number of amides is 1. The van der Waals surface area contributed by atoms with E-state index in [0.29, 0.717) is 6.07 Å². The highest BCUT2D eigenvalue weighted by molar-refractivity contribution is 6.00. The third kappa shape index (κ3) is 3.95. The summed E-state index contributed by atoms with van der Waals surface area (Å²) in [5.74, 6) is -2.64. The van der Waals surface area contributed by atoms with Gasteiger partial charge in [0.05, 0.1) is 26.3 Å². The topological polar surface area (TPSA) is 91.1 Å². The molecule has 2 aromatic carbocycles. The molecule has 1 amide bonds. The molecular weight excluding hydrogens is 378 g/mol. The molecule has 0 radical (unpaired) electrons. The maximum atomic E-state index is 13.9. The van der Waals surface area contributed by atoms with E-state index in [2.05, 4.69) is 0 Å². The highest BCUT2D eigenvalue weighted by atomic mass is 19.1. The lowest BCUT2D eigenvalue weighted by Gasteiger charge is -2.20. The molecule has 0 unspecified atom stereocenters. The van der Waals surface area contributed by atoms with E-state index in [9.17, 15) is 23.7 Å². The van der Waals surface area contributed by atoms with Gasteiger partial charge in [-0.1, -0.05) is 6.07 Å². The van der Waals surface area contributed by atoms with Crippen LogP contribution in [0.5, 0.6) is 17.2 Å². The van der Waals surface area contributed by atoms with Crippen molar-refractivity contribution >= 4 is 11.6 Å². The first kappa shape index (κ1) is 20.9. The average molecular weight is 396 g/mol. The predicted molar refractivity (Wildman–Crippen MR) is 94.9 cm³/mol. The lowest BCUT2D eigenvalue weighted by Crippen LogP contribution is -2.27. The van der Waals surface area contributed by atoms with Gasteiger partial charge in [-0.25, -0.2) is 8.78 Å². The number of nitro groups is 1. The van der Waals surface area contributed by atoms with Crippen molar-refractivity contribution in [1.29, 1.82) is 0 Å². The van der Waals surface area contributed by atoms with Crippen molar-refractivity contribution in [2.45, 2.75) is 6.54 Å². The molecule has 0 fully saturated rings. The van der Waals surface area contributed by atoms with Gasteiger partial charge in [0.2, 0.25) is 11.5 Å². The molecule has 10 heteroatoms. The Kier molecular flexibility index (Phi) is 6.34. The number of rotatable bonds is 7. The molecule has 0 saturated carbocycles. The number of ether oxygens (including phenoxy) is 3. The van der Waals surface area contributed by atoms with Crippen molar-refractivity contribution in [2.24, 2.45) is 0 Å². The first-order valence-electron chi connectivity index (χ1n) is 7.91. The van der Waals surface area contributed by atoms with Gasteiger partial charge in [0, 0.05) is 31.3 Å². The molecule has 0 bridgehead atoms. The zero-order valence-corrected chi connectivity index (χ0v) is 15.6. The molecule has 2 rings (SSSR count). The quantitative estimate of drug-likeness (QED) is 0.527. The molecule has 0 heterocycles. The Morgan fingerprint density at radius 1 is 1.11 bits per heavy atom. The Morgan fingerprint density at radius 2 is 1.75 bits per heavy atom. The smallest absolute Gasteiger partial charge is 0.327 e. The van der Waals surface area contributed by atoms with Crippen molar-refractivity contribution in [2.75, 3.05) is 28.4 Å². The number of carbonyl (C=O) groups is 1. The lowest BCUT2D eigenvalue weighted by atomic mass is 10.1. The van der Waals surface area contributed by atoms with Crippen molar-refractivity contribution in [3.05, 3.63) is 57.1 Å². The van der Waals surface area contributed by atoms with Crippen molar-refractivity contribution in [1.82, 2.24) is 4.90 Å². The molecular formula is C18H18F2N2O6. The molecule has 0 aliphatic carbocycles. The molecule has 2 aromatic rings. The number of hydrogen-bond acceptors (Lipinski definition) is 6. The fourth-order valence-electron chi connectivity index (χ4n) is 2.67. The molecule has 0 aliphatic heterocycles. The van der Waals surface area contributed by atoms with Crippen LogP contribution in [0.2, 0.25) is 0 Å². The second kappa shape index (κ2) is 8.51. The second-order valence-corrected chi connectivity index (χ2v) is 5.70. The van der Waals surface area contributed by atoms with Crippen LogP contribution in [-0.2, 0) is 6.54 Å². The molecule has 28 heavy (non-hydrogen) atoms. The zero-order chi connectivity index (χ0) is 21.0. The van der Waals surface area contributed by atoms with Crippen LogP contribution in [-0.4, -0.2) is 44.1 Å². The van der Waals surface area contributed by atoms with Gasteiger partial charge < -0.3 is 19.1 Å². The van der Waals surface area contributed by atoms with Gasteiger partial charge in [-0.15, -0.1) is 0 Å². The van der Waals surface area contributed by atoms with E-state index < -0.39 is 28.2 Å². The predicted octanol–water partition coefficient (Wildman–Crippen LogP) is 3.17. The van der Waals surface area contributed by atoms with Crippen LogP contribution in [0.15, 0.2) is 24.3 Å². The number of benzene rings is 2. The fraction of sp³-hybridized carbons (Fsp3) is 0.278. The normalized spacial score (nSPS) is 10.4. The molecule has 0 aliphatic rings. The number of nitrogens with zero attached hydrogens (tertiary/aromatic N) is 2. The van der Waals surface area contributed by atoms with Crippen molar-refractivity contribution < 1.29 is 32.7 Å². The van der Waals surface area contributed by atoms with Crippen LogP contribution in [0.25, 0.3) is 0 Å². The van der Waals surface area contributed by atoms with Gasteiger partial charge >= 0.3 is 5.69 Å². The molecule has 0 saturated heterocycles. The molecule has 0 spiro atoms. The number of nitro benzene ring substituents is 1. The minimum Gasteiger partial charge on any atom is -0.493 e. The average Bonchev–Trinajstić information content (AvgIpc) is 2.67. The number of hydrogen-bond donors (Lipinski definition) is 0. The monoisotopic (exact) mass is 396 g/mol. The first-order valence-corrected chi connectivity index (χ1v) is 7.91. The van der Waals surface area contributed by atoms with Crippen LogP contribution >= 0.6 is 0 Å². The summed E-state index contributed by atoms with van der Waals surface area (Å²) < 4.78 is 42.2. The van der Waals surface area contributed by atoms with Crippen LogP contribution in [0.4, 0.5) is 14.5 Å². The number of halogens is 2. The Hall–Kier alpha value is -3.43. The van der Waals surface area contributed by atoms with Crippen LogP contribution in [0.1, 0.15) is 15.9 Å². The van der Waals surface area contributed by atoms with E-state index in [1.165, 1.54) is 34.4 Å². The second-order valence-electron chi connectivity index (χ2n) is 5.70. The van der Waals surface area contributed by atoms with E-state index in [-0.39, 0.29) is 34.9 Å². The Bertz CT molecular complexity index is 919. The van der Waals surface area contributed by atoms with Gasteiger partial charge in [-0.05, 0) is 6.07 Å². The molecule has 0 atom stereocenters. The molecule has 0 aromatic heterocycles. The number of carbonyl (C=O) groups excluding carboxylic acids is 1. The fourth-order valence-corrected chi connectivity index (χ4v) is 2.67. The lowest BCUT2D eigenvalue weighted by molar-refractivity contribution is -0.386. The summed E-state index contributed by atoms with van der Waals surface area (Å²) >= 11 is 0. The highest BCUT2D eigenvalue weighted by Gasteiger charge is 2.33. The summed E-state index contributed by atoms with van der Waals surface area (Å²) in [6.45, 7) is -0.237. The van der Waals surface area contributed by atoms with E-state index in [0.717, 1.165) is 17.0 Å². The maximum Gasteiger partial charge on any atom is 0.327 e. The van der Waals surface area contributed by atoms with Crippen molar-refractivity contribution in [3.8, 4) is 17.2 Å². The maximum absolute atomic E-state index is 13.9. The summed E-state index contributed by atoms with van der Waals surface area (Å²) in [5.41, 5.74) is -0.895. The minimum atomic E-state index is -0.834. The van der Waals surface area contributed by atoms with E-state index >= 15 is 0 Å². The third-order valence-corrected chi connectivity index (χ3v) is 3.99. The summed E-state index contributed by atoms with van der Waals surface area (Å²) in [6.07, 6.45) is 0. The summed E-state index contributed by atoms with van der Waals surface area (Å²) in [4.78, 5) is 24.7. The molecule has 0 N–H and O–H groups in total. The standard InChI is InChI=1S/C18H18F2N2O6/c1-21(9-10-5-6-11(19)7-13(10)20)18(23)12-8-14(26-2)16(27-3)17(28-4)15(12)22(24)25/h5-8H,9H2,1-4H3. The third-order valence-electron chi connectivity index (χ3n) is 3.99. The van der Waals surface area contributed by atoms with Gasteiger partial charge in [-0.3, -0.25) is 14.9 Å². The molecule has 8 nitrogen and oxygen atoms in total. The number of methoxy groups -OCH3 is 3. The van der Waals surface area contributed by atoms with E-state index in [1.54, 1.807) is 0 Å².